The van der Waals surface area contributed by atoms with Gasteiger partial charge in [0.1, 0.15) is 0 Å². The molecule has 2 heterocycles. The van der Waals surface area contributed by atoms with Crippen molar-refractivity contribution in [1.29, 1.82) is 0 Å². The molecule has 5 nitrogen and oxygen atoms in total. The van der Waals surface area contributed by atoms with E-state index in [1.165, 1.54) is 5.56 Å². The maximum absolute atomic E-state index is 13.3. The normalized spacial score (nSPS) is 14.5. The standard InChI is InChI=1S/C25H29N3O2S/c1-25(2,3)19-9-5-18(6-10-19)23-27-21(24(29)28-13-15-31-16-14-28)22(30-23)17-7-11-20(26-4)12-8-17/h5-12,26H,13-16H2,1-4H3. The van der Waals surface area contributed by atoms with Gasteiger partial charge in [0.25, 0.3) is 5.91 Å². The molecular formula is C25H29N3O2S. The third kappa shape index (κ3) is 4.64. The highest BCUT2D eigenvalue weighted by Crippen LogP contribution is 2.33. The van der Waals surface area contributed by atoms with Crippen molar-refractivity contribution in [2.45, 2.75) is 26.2 Å². The molecule has 3 aromatic rings. The van der Waals surface area contributed by atoms with E-state index in [0.29, 0.717) is 17.3 Å². The highest BCUT2D eigenvalue weighted by molar-refractivity contribution is 7.99. The largest absolute Gasteiger partial charge is 0.435 e. The summed E-state index contributed by atoms with van der Waals surface area (Å²) >= 11 is 1.88. The Kier molecular flexibility index (Phi) is 6.10. The van der Waals surface area contributed by atoms with E-state index in [1.54, 1.807) is 0 Å². The Labute approximate surface area is 188 Å². The van der Waals surface area contributed by atoms with Gasteiger partial charge in [-0.05, 0) is 47.4 Å². The maximum Gasteiger partial charge on any atom is 0.276 e. The lowest BCUT2D eigenvalue weighted by atomic mass is 9.87. The molecule has 0 atom stereocenters. The first kappa shape index (κ1) is 21.5. The Balaban J connectivity index is 1.74. The summed E-state index contributed by atoms with van der Waals surface area (Å²) in [5.41, 5.74) is 4.42. The van der Waals surface area contributed by atoms with Crippen molar-refractivity contribution in [3.05, 3.63) is 59.8 Å². The predicted octanol–water partition coefficient (Wildman–Crippen LogP) is 5.54. The van der Waals surface area contributed by atoms with Crippen LogP contribution in [-0.2, 0) is 5.41 Å². The van der Waals surface area contributed by atoms with Crippen LogP contribution in [0, 0.1) is 0 Å². The van der Waals surface area contributed by atoms with Crippen LogP contribution in [0.2, 0.25) is 0 Å². The van der Waals surface area contributed by atoms with Crippen molar-refractivity contribution in [1.82, 2.24) is 9.88 Å². The number of hydrogen-bond acceptors (Lipinski definition) is 5. The molecular weight excluding hydrogens is 406 g/mol. The van der Waals surface area contributed by atoms with Crippen molar-refractivity contribution in [2.75, 3.05) is 37.0 Å². The van der Waals surface area contributed by atoms with Crippen LogP contribution in [0.15, 0.2) is 52.9 Å². The lowest BCUT2D eigenvalue weighted by Crippen LogP contribution is -2.38. The van der Waals surface area contributed by atoms with Crippen molar-refractivity contribution < 1.29 is 9.21 Å². The molecule has 0 saturated carbocycles. The van der Waals surface area contributed by atoms with Gasteiger partial charge in [0.15, 0.2) is 11.5 Å². The van der Waals surface area contributed by atoms with Crippen molar-refractivity contribution in [2.24, 2.45) is 0 Å². The Morgan fingerprint density at radius 3 is 2.19 bits per heavy atom. The Morgan fingerprint density at radius 1 is 1.00 bits per heavy atom. The number of benzene rings is 2. The number of aromatic nitrogens is 1. The van der Waals surface area contributed by atoms with E-state index < -0.39 is 0 Å². The van der Waals surface area contributed by atoms with Gasteiger partial charge < -0.3 is 14.6 Å². The summed E-state index contributed by atoms with van der Waals surface area (Å²) < 4.78 is 6.21. The van der Waals surface area contributed by atoms with Crippen LogP contribution in [0.4, 0.5) is 5.69 Å². The molecule has 0 aliphatic carbocycles. The number of thioether (sulfide) groups is 1. The van der Waals surface area contributed by atoms with Crippen molar-refractivity contribution in [3.63, 3.8) is 0 Å². The smallest absolute Gasteiger partial charge is 0.276 e. The van der Waals surface area contributed by atoms with Gasteiger partial charge >= 0.3 is 0 Å². The van der Waals surface area contributed by atoms with Crippen LogP contribution in [0.5, 0.6) is 0 Å². The number of carbonyl (C=O) groups excluding carboxylic acids is 1. The molecule has 2 aromatic carbocycles. The van der Waals surface area contributed by atoms with Crippen LogP contribution >= 0.6 is 11.8 Å². The van der Waals surface area contributed by atoms with E-state index in [4.69, 9.17) is 4.42 Å². The first-order chi connectivity index (χ1) is 14.9. The average Bonchev–Trinajstić information content (AvgIpc) is 3.24. The zero-order valence-electron chi connectivity index (χ0n) is 18.6. The number of anilines is 1. The Hall–Kier alpha value is -2.73. The maximum atomic E-state index is 13.3. The predicted molar refractivity (Wildman–Crippen MR) is 129 cm³/mol. The van der Waals surface area contributed by atoms with E-state index in [0.717, 1.165) is 41.4 Å². The first-order valence-electron chi connectivity index (χ1n) is 10.6. The third-order valence-electron chi connectivity index (χ3n) is 5.56. The molecule has 4 rings (SSSR count). The van der Waals surface area contributed by atoms with Gasteiger partial charge in [0.2, 0.25) is 5.89 Å². The van der Waals surface area contributed by atoms with E-state index in [2.05, 4.69) is 43.2 Å². The SMILES string of the molecule is CNc1ccc(-c2oc(-c3ccc(C(C)(C)C)cc3)nc2C(=O)N2CCSCC2)cc1. The summed E-state index contributed by atoms with van der Waals surface area (Å²) in [7, 11) is 1.88. The minimum atomic E-state index is -0.0608. The summed E-state index contributed by atoms with van der Waals surface area (Å²) in [5.74, 6) is 2.85. The molecule has 0 radical (unpaired) electrons. The number of oxazole rings is 1. The lowest BCUT2D eigenvalue weighted by Gasteiger charge is -2.25. The van der Waals surface area contributed by atoms with E-state index in [-0.39, 0.29) is 11.3 Å². The molecule has 0 unspecified atom stereocenters. The van der Waals surface area contributed by atoms with Crippen LogP contribution in [-0.4, -0.2) is 47.4 Å². The zero-order chi connectivity index (χ0) is 22.0. The van der Waals surface area contributed by atoms with Crippen LogP contribution in [0.3, 0.4) is 0 Å². The second-order valence-corrected chi connectivity index (χ2v) is 9.98. The summed E-state index contributed by atoms with van der Waals surface area (Å²) in [6.45, 7) is 8.05. The number of carbonyl (C=O) groups is 1. The molecule has 1 aromatic heterocycles. The second kappa shape index (κ2) is 8.79. The second-order valence-electron chi connectivity index (χ2n) is 8.76. The minimum absolute atomic E-state index is 0.0608. The number of amides is 1. The molecule has 0 bridgehead atoms. The van der Waals surface area contributed by atoms with Crippen LogP contribution in [0.25, 0.3) is 22.8 Å². The Bertz CT molecular complexity index is 1040. The van der Waals surface area contributed by atoms with Gasteiger partial charge in [-0.25, -0.2) is 4.98 Å². The highest BCUT2D eigenvalue weighted by atomic mass is 32.2. The monoisotopic (exact) mass is 435 g/mol. The van der Waals surface area contributed by atoms with E-state index in [1.807, 2.05) is 60.1 Å². The van der Waals surface area contributed by atoms with Crippen LogP contribution in [0.1, 0.15) is 36.8 Å². The quantitative estimate of drug-likeness (QED) is 0.583. The summed E-state index contributed by atoms with van der Waals surface area (Å²) in [4.78, 5) is 19.9. The molecule has 162 valence electrons. The molecule has 1 fully saturated rings. The van der Waals surface area contributed by atoms with Gasteiger partial charge in [-0.15, -0.1) is 0 Å². The number of rotatable bonds is 4. The summed E-state index contributed by atoms with van der Waals surface area (Å²) in [6, 6.07) is 16.1. The zero-order valence-corrected chi connectivity index (χ0v) is 19.4. The lowest BCUT2D eigenvalue weighted by molar-refractivity contribution is 0.0767. The van der Waals surface area contributed by atoms with Gasteiger partial charge in [-0.1, -0.05) is 32.9 Å². The number of hydrogen-bond donors (Lipinski definition) is 1. The summed E-state index contributed by atoms with van der Waals surface area (Å²) in [6.07, 6.45) is 0. The molecule has 6 heteroatoms. The molecule has 1 aliphatic heterocycles. The van der Waals surface area contributed by atoms with Crippen molar-refractivity contribution in [3.8, 4) is 22.8 Å². The molecule has 1 saturated heterocycles. The molecule has 31 heavy (non-hydrogen) atoms. The highest BCUT2D eigenvalue weighted by Gasteiger charge is 2.27. The minimum Gasteiger partial charge on any atom is -0.435 e. The topological polar surface area (TPSA) is 58.4 Å². The molecule has 0 spiro atoms. The van der Waals surface area contributed by atoms with Gasteiger partial charge in [0, 0.05) is 48.5 Å². The molecule has 1 amide bonds. The van der Waals surface area contributed by atoms with Gasteiger partial charge in [-0.3, -0.25) is 4.79 Å². The number of nitrogens with one attached hydrogen (secondary N) is 1. The average molecular weight is 436 g/mol. The van der Waals surface area contributed by atoms with Crippen LogP contribution < -0.4 is 5.32 Å². The Morgan fingerprint density at radius 2 is 1.61 bits per heavy atom. The number of nitrogens with zero attached hydrogens (tertiary/aromatic N) is 2. The third-order valence-corrected chi connectivity index (χ3v) is 6.50. The van der Waals surface area contributed by atoms with E-state index in [9.17, 15) is 4.79 Å². The fraction of sp³-hybridized carbons (Fsp3) is 0.360. The van der Waals surface area contributed by atoms with Gasteiger partial charge in [0.05, 0.1) is 0 Å². The molecule has 1 aliphatic rings. The molecule has 1 N–H and O–H groups in total. The first-order valence-corrected chi connectivity index (χ1v) is 11.8. The van der Waals surface area contributed by atoms with E-state index >= 15 is 0 Å². The van der Waals surface area contributed by atoms with Gasteiger partial charge in [-0.2, -0.15) is 11.8 Å². The fourth-order valence-corrected chi connectivity index (χ4v) is 4.50. The fourth-order valence-electron chi connectivity index (χ4n) is 3.60. The summed E-state index contributed by atoms with van der Waals surface area (Å²) in [5, 5.41) is 3.12. The van der Waals surface area contributed by atoms with Crippen molar-refractivity contribution >= 4 is 23.4 Å².